The lowest BCUT2D eigenvalue weighted by atomic mass is 10.2. The molecule has 1 amide bonds. The Morgan fingerprint density at radius 2 is 2.12 bits per heavy atom. The van der Waals surface area contributed by atoms with E-state index >= 15 is 0 Å². The lowest BCUT2D eigenvalue weighted by Gasteiger charge is -2.08. The molecule has 1 aromatic rings. The predicted octanol–water partition coefficient (Wildman–Crippen LogP) is 1.74. The van der Waals surface area contributed by atoms with Crippen molar-refractivity contribution in [1.82, 2.24) is 4.90 Å². The van der Waals surface area contributed by atoms with E-state index in [-0.39, 0.29) is 30.6 Å². The van der Waals surface area contributed by atoms with Gasteiger partial charge in [-0.15, -0.1) is 0 Å². The van der Waals surface area contributed by atoms with Gasteiger partial charge in [-0.3, -0.25) is 9.69 Å². The molecule has 4 heteroatoms. The molecule has 0 aromatic heterocycles. The minimum Gasteiger partial charge on any atom is -0.445 e. The molecule has 88 valence electrons. The molecular formula is C13H13NO3. The quantitative estimate of drug-likeness (QED) is 0.728. The SMILES string of the molecule is O=C1CC[C@H]2[C@@H]1N2C(=O)OCc1ccccc1. The lowest BCUT2D eigenvalue weighted by molar-refractivity contribution is -0.118. The summed E-state index contributed by atoms with van der Waals surface area (Å²) < 4.78 is 5.17. The summed E-state index contributed by atoms with van der Waals surface area (Å²) in [5, 5.41) is 0. The number of nitrogens with zero attached hydrogens (tertiary/aromatic N) is 1. The van der Waals surface area contributed by atoms with Crippen LogP contribution in [0.25, 0.3) is 0 Å². The molecule has 17 heavy (non-hydrogen) atoms. The number of carbonyl (C=O) groups excluding carboxylic acids is 2. The van der Waals surface area contributed by atoms with Gasteiger partial charge in [-0.25, -0.2) is 4.79 Å². The molecular weight excluding hydrogens is 218 g/mol. The third-order valence-corrected chi connectivity index (χ3v) is 3.36. The van der Waals surface area contributed by atoms with Crippen LogP contribution in [0.5, 0.6) is 0 Å². The van der Waals surface area contributed by atoms with E-state index in [1.54, 1.807) is 4.90 Å². The Bertz CT molecular complexity index is 457. The number of hydrogen-bond acceptors (Lipinski definition) is 3. The predicted molar refractivity (Wildman–Crippen MR) is 60.3 cm³/mol. The first-order valence-corrected chi connectivity index (χ1v) is 5.79. The van der Waals surface area contributed by atoms with Crippen LogP contribution < -0.4 is 0 Å². The van der Waals surface area contributed by atoms with Gasteiger partial charge in [-0.05, 0) is 12.0 Å². The molecule has 2 atom stereocenters. The standard InChI is InChI=1S/C13H13NO3/c15-11-7-6-10-12(11)14(10)13(16)17-8-9-4-2-1-3-5-9/h1-5,10,12H,6-8H2/t10-,12-,14?/m0/s1. The molecule has 0 N–H and O–H groups in total. The fourth-order valence-corrected chi connectivity index (χ4v) is 2.43. The van der Waals surface area contributed by atoms with Crippen molar-refractivity contribution < 1.29 is 14.3 Å². The second-order valence-corrected chi connectivity index (χ2v) is 4.46. The van der Waals surface area contributed by atoms with Gasteiger partial charge in [-0.1, -0.05) is 30.3 Å². The number of rotatable bonds is 2. The van der Waals surface area contributed by atoms with Crippen molar-refractivity contribution in [3.05, 3.63) is 35.9 Å². The Labute approximate surface area is 99.2 Å². The van der Waals surface area contributed by atoms with Crippen molar-refractivity contribution >= 4 is 11.9 Å². The number of carbonyl (C=O) groups is 2. The molecule has 1 aliphatic heterocycles. The number of piperidine rings is 1. The molecule has 2 aliphatic rings. The number of benzene rings is 1. The van der Waals surface area contributed by atoms with Gasteiger partial charge in [0, 0.05) is 6.42 Å². The number of fused-ring (bicyclic) bond motifs is 1. The zero-order chi connectivity index (χ0) is 11.8. The second-order valence-electron chi connectivity index (χ2n) is 4.46. The fourth-order valence-electron chi connectivity index (χ4n) is 2.43. The first-order valence-electron chi connectivity index (χ1n) is 5.79. The molecule has 1 saturated heterocycles. The van der Waals surface area contributed by atoms with Gasteiger partial charge in [0.2, 0.25) is 0 Å². The normalized spacial score (nSPS) is 25.6. The Balaban J connectivity index is 1.54. The lowest BCUT2D eigenvalue weighted by Crippen LogP contribution is -2.21. The summed E-state index contributed by atoms with van der Waals surface area (Å²) in [5.41, 5.74) is 0.958. The largest absolute Gasteiger partial charge is 0.445 e. The van der Waals surface area contributed by atoms with E-state index in [9.17, 15) is 9.59 Å². The highest BCUT2D eigenvalue weighted by atomic mass is 16.6. The monoisotopic (exact) mass is 231 g/mol. The summed E-state index contributed by atoms with van der Waals surface area (Å²) >= 11 is 0. The molecule has 1 heterocycles. The van der Waals surface area contributed by atoms with Gasteiger partial charge in [0.05, 0.1) is 6.04 Å². The summed E-state index contributed by atoms with van der Waals surface area (Å²) in [7, 11) is 0. The maximum Gasteiger partial charge on any atom is 0.411 e. The van der Waals surface area contributed by atoms with Crippen LogP contribution in [0.15, 0.2) is 30.3 Å². The van der Waals surface area contributed by atoms with Crippen LogP contribution in [-0.2, 0) is 16.1 Å². The van der Waals surface area contributed by atoms with Crippen molar-refractivity contribution in [2.45, 2.75) is 31.5 Å². The molecule has 0 spiro atoms. The smallest absolute Gasteiger partial charge is 0.411 e. The topological polar surface area (TPSA) is 46.4 Å². The van der Waals surface area contributed by atoms with E-state index in [0.717, 1.165) is 12.0 Å². The third kappa shape index (κ3) is 1.79. The highest BCUT2D eigenvalue weighted by Crippen LogP contribution is 2.40. The highest BCUT2D eigenvalue weighted by Gasteiger charge is 2.59. The van der Waals surface area contributed by atoms with Crippen LogP contribution in [0.4, 0.5) is 4.79 Å². The Hall–Kier alpha value is -1.84. The number of ketones is 1. The maximum absolute atomic E-state index is 11.7. The van der Waals surface area contributed by atoms with Gasteiger partial charge < -0.3 is 4.74 Å². The minimum atomic E-state index is -0.364. The first-order chi connectivity index (χ1) is 8.27. The Morgan fingerprint density at radius 1 is 1.35 bits per heavy atom. The highest BCUT2D eigenvalue weighted by molar-refractivity contribution is 5.95. The summed E-state index contributed by atoms with van der Waals surface area (Å²) in [5.74, 6) is 0.173. The van der Waals surface area contributed by atoms with E-state index in [0.29, 0.717) is 6.42 Å². The molecule has 4 nitrogen and oxygen atoms in total. The van der Waals surface area contributed by atoms with Gasteiger partial charge in [-0.2, -0.15) is 0 Å². The van der Waals surface area contributed by atoms with Crippen molar-refractivity contribution in [2.75, 3.05) is 0 Å². The number of Topliss-reactive ketones (excluding diaryl/α,β-unsaturated/α-hetero) is 1. The van der Waals surface area contributed by atoms with Crippen molar-refractivity contribution in [1.29, 1.82) is 0 Å². The number of likely N-dealkylation sites (tertiary alicyclic amines) is 1. The van der Waals surface area contributed by atoms with Crippen LogP contribution in [0.1, 0.15) is 18.4 Å². The van der Waals surface area contributed by atoms with Crippen molar-refractivity contribution in [3.8, 4) is 0 Å². The fraction of sp³-hybridized carbons (Fsp3) is 0.385. The molecule has 1 aliphatic carbocycles. The maximum atomic E-state index is 11.7. The zero-order valence-electron chi connectivity index (χ0n) is 9.33. The van der Waals surface area contributed by atoms with E-state index in [1.165, 1.54) is 0 Å². The number of ether oxygens (including phenoxy) is 1. The molecule has 0 bridgehead atoms. The van der Waals surface area contributed by atoms with E-state index < -0.39 is 0 Å². The second kappa shape index (κ2) is 3.87. The van der Waals surface area contributed by atoms with Crippen molar-refractivity contribution in [3.63, 3.8) is 0 Å². The van der Waals surface area contributed by atoms with Gasteiger partial charge in [0.15, 0.2) is 5.78 Å². The van der Waals surface area contributed by atoms with E-state index in [1.807, 2.05) is 30.3 Å². The van der Waals surface area contributed by atoms with E-state index in [4.69, 9.17) is 4.74 Å². The Kier molecular flexibility index (Phi) is 2.35. The third-order valence-electron chi connectivity index (χ3n) is 3.36. The zero-order valence-corrected chi connectivity index (χ0v) is 9.33. The number of hydrogen-bond donors (Lipinski definition) is 0. The van der Waals surface area contributed by atoms with Crippen LogP contribution >= 0.6 is 0 Å². The molecule has 1 aromatic carbocycles. The number of amides is 1. The van der Waals surface area contributed by atoms with Gasteiger partial charge in [0.1, 0.15) is 12.6 Å². The Morgan fingerprint density at radius 3 is 2.76 bits per heavy atom. The van der Waals surface area contributed by atoms with Gasteiger partial charge in [0.25, 0.3) is 0 Å². The average Bonchev–Trinajstić information content (AvgIpc) is 2.98. The van der Waals surface area contributed by atoms with E-state index in [2.05, 4.69) is 0 Å². The van der Waals surface area contributed by atoms with Crippen molar-refractivity contribution in [2.24, 2.45) is 0 Å². The molecule has 1 saturated carbocycles. The first kappa shape index (κ1) is 10.3. The summed E-state index contributed by atoms with van der Waals surface area (Å²) in [6.07, 6.45) is 1.04. The van der Waals surface area contributed by atoms with Crippen LogP contribution in [-0.4, -0.2) is 28.9 Å². The molecule has 0 radical (unpaired) electrons. The average molecular weight is 231 g/mol. The molecule has 2 fully saturated rings. The minimum absolute atomic E-state index is 0.116. The van der Waals surface area contributed by atoms with Crippen LogP contribution in [0.3, 0.4) is 0 Å². The summed E-state index contributed by atoms with van der Waals surface area (Å²) in [6, 6.07) is 9.46. The van der Waals surface area contributed by atoms with Crippen LogP contribution in [0, 0.1) is 0 Å². The molecule has 0 unspecified atom stereocenters. The summed E-state index contributed by atoms with van der Waals surface area (Å²) in [4.78, 5) is 24.6. The molecule has 3 rings (SSSR count). The van der Waals surface area contributed by atoms with Crippen LogP contribution in [0.2, 0.25) is 0 Å². The summed E-state index contributed by atoms with van der Waals surface area (Å²) in [6.45, 7) is 0.268. The van der Waals surface area contributed by atoms with Gasteiger partial charge >= 0.3 is 6.09 Å².